The second-order valence-electron chi connectivity index (χ2n) is 12.0. The van der Waals surface area contributed by atoms with E-state index in [9.17, 15) is 16.8 Å². The number of anilines is 3. The number of benzene rings is 4. The minimum atomic E-state index is -3.55. The normalized spacial score (nSPS) is 11.0. The van der Waals surface area contributed by atoms with Gasteiger partial charge in [0.05, 0.1) is 37.1 Å². The molecular formula is C38H41ClN8O6S2. The Morgan fingerprint density at radius 1 is 0.618 bits per heavy atom. The minimum absolute atomic E-state index is 0.146. The van der Waals surface area contributed by atoms with Crippen LogP contribution in [-0.4, -0.2) is 51.0 Å². The summed E-state index contributed by atoms with van der Waals surface area (Å²) in [4.78, 5) is 17.2. The molecule has 6 aromatic rings. The van der Waals surface area contributed by atoms with Crippen molar-refractivity contribution in [2.24, 2.45) is 10.3 Å². The van der Waals surface area contributed by atoms with Crippen LogP contribution in [0.25, 0.3) is 22.5 Å². The molecule has 55 heavy (non-hydrogen) atoms. The van der Waals surface area contributed by atoms with Crippen molar-refractivity contribution < 1.29 is 26.3 Å². The third-order valence-corrected chi connectivity index (χ3v) is 9.01. The molecule has 2 aromatic heterocycles. The molecule has 0 aliphatic rings. The number of hydrogen-bond acceptors (Lipinski definition) is 12. The van der Waals surface area contributed by atoms with Crippen molar-refractivity contribution in [2.45, 2.75) is 25.4 Å². The van der Waals surface area contributed by atoms with Crippen molar-refractivity contribution in [1.82, 2.24) is 19.9 Å². The maximum absolute atomic E-state index is 11.2. The number of rotatable bonds is 10. The Kier molecular flexibility index (Phi) is 14.6. The highest BCUT2D eigenvalue weighted by Crippen LogP contribution is 2.30. The van der Waals surface area contributed by atoms with Gasteiger partial charge in [-0.2, -0.15) is 0 Å². The number of sulfonamides is 2. The number of nitrogens with zero attached hydrogens (tertiary/aromatic N) is 4. The van der Waals surface area contributed by atoms with Gasteiger partial charge in [-0.25, -0.2) is 47.0 Å². The third-order valence-electron chi connectivity index (χ3n) is 7.37. The van der Waals surface area contributed by atoms with E-state index in [1.54, 1.807) is 62.8 Å². The maximum atomic E-state index is 11.2. The molecule has 0 unspecified atom stereocenters. The summed E-state index contributed by atoms with van der Waals surface area (Å²) in [6.07, 6.45) is 0. The molecule has 0 spiro atoms. The van der Waals surface area contributed by atoms with Gasteiger partial charge in [-0.15, -0.1) is 0 Å². The van der Waals surface area contributed by atoms with Crippen LogP contribution in [-0.2, 0) is 31.6 Å². The Bertz CT molecular complexity index is 2420. The average molecular weight is 805 g/mol. The second-order valence-corrected chi connectivity index (χ2v) is 15.5. The molecule has 17 heteroatoms. The molecule has 0 aliphatic carbocycles. The van der Waals surface area contributed by atoms with Crippen molar-refractivity contribution in [2.75, 3.05) is 25.3 Å². The molecule has 288 valence electrons. The molecule has 0 aliphatic heterocycles. The third kappa shape index (κ3) is 13.9. The zero-order chi connectivity index (χ0) is 40.2. The molecule has 0 radical (unpaired) electrons. The molecule has 7 N–H and O–H groups in total. The predicted octanol–water partition coefficient (Wildman–Crippen LogP) is 6.16. The van der Waals surface area contributed by atoms with Crippen LogP contribution in [0.1, 0.15) is 22.5 Å². The van der Waals surface area contributed by atoms with Crippen LogP contribution in [0.3, 0.4) is 0 Å². The first kappa shape index (κ1) is 42.1. The molecule has 2 heterocycles. The molecule has 0 atom stereocenters. The van der Waals surface area contributed by atoms with E-state index in [1.807, 2.05) is 74.5 Å². The number of nitrogens with two attached hydrogens (primary N) is 3. The van der Waals surface area contributed by atoms with Crippen LogP contribution in [0.5, 0.6) is 11.5 Å². The van der Waals surface area contributed by atoms with Crippen molar-refractivity contribution >= 4 is 49.0 Å². The van der Waals surface area contributed by atoms with E-state index in [4.69, 9.17) is 37.1 Å². The van der Waals surface area contributed by atoms with E-state index >= 15 is 0 Å². The second kappa shape index (κ2) is 19.1. The number of nitrogens with one attached hydrogen (secondary N) is 1. The van der Waals surface area contributed by atoms with Gasteiger partial charge < -0.3 is 20.5 Å². The Morgan fingerprint density at radius 3 is 1.51 bits per heavy atom. The SMILES string of the molecule is COc1ccccc1-c1cc(C)nc(Cl)n1.COc1ccccc1-c1cc(C)nc(Nc2ccc(CS(N)(=O)=O)cc2)n1.Nc1ccc(CS(N)(=O)=O)cc1. The molecular weight excluding hydrogens is 764 g/mol. The number of aromatic nitrogens is 4. The highest BCUT2D eigenvalue weighted by Gasteiger charge is 2.11. The zero-order valence-corrected chi connectivity index (χ0v) is 32.9. The summed E-state index contributed by atoms with van der Waals surface area (Å²) in [6.45, 7) is 3.77. The van der Waals surface area contributed by atoms with E-state index in [0.29, 0.717) is 22.8 Å². The standard InChI is InChI=1S/C19H20N4O3S.C12H11ClN2O.C7H10N2O2S/c1-13-11-17(16-5-3-4-6-18(16)26-2)23-19(21-13)22-15-9-7-14(8-10-15)12-27(20,24)25;1-8-7-10(15-12(13)14-8)9-5-3-4-6-11(9)16-2;8-7-3-1-6(2-4-7)5-12(9,10)11/h3-11H,12H2,1-2H3,(H2,20,24,25)(H,21,22,23);3-7H,1-2H3;1-4H,5,8H2,(H2,9,10,11). The van der Waals surface area contributed by atoms with E-state index < -0.39 is 20.0 Å². The van der Waals surface area contributed by atoms with E-state index in [-0.39, 0.29) is 16.8 Å². The van der Waals surface area contributed by atoms with Crippen molar-refractivity contribution in [3.05, 3.63) is 137 Å². The first-order valence-corrected chi connectivity index (χ1v) is 20.2. The van der Waals surface area contributed by atoms with Gasteiger partial charge in [0.25, 0.3) is 0 Å². The van der Waals surface area contributed by atoms with E-state index in [1.165, 1.54) is 0 Å². The topological polar surface area (TPSA) is 228 Å². The summed E-state index contributed by atoms with van der Waals surface area (Å²) in [5.41, 5.74) is 13.0. The first-order valence-electron chi connectivity index (χ1n) is 16.4. The van der Waals surface area contributed by atoms with Gasteiger partial charge >= 0.3 is 0 Å². The van der Waals surface area contributed by atoms with E-state index in [2.05, 4.69) is 25.3 Å². The Labute approximate surface area is 325 Å². The molecule has 0 amide bonds. The number of para-hydroxylation sites is 2. The highest BCUT2D eigenvalue weighted by molar-refractivity contribution is 7.88. The number of halogens is 1. The summed E-state index contributed by atoms with van der Waals surface area (Å²) in [6, 6.07) is 32.6. The van der Waals surface area contributed by atoms with Crippen LogP contribution < -0.4 is 30.8 Å². The smallest absolute Gasteiger partial charge is 0.227 e. The van der Waals surface area contributed by atoms with Gasteiger partial charge in [-0.1, -0.05) is 48.5 Å². The number of nitrogen functional groups attached to an aromatic ring is 1. The maximum Gasteiger partial charge on any atom is 0.227 e. The number of methoxy groups -OCH3 is 2. The zero-order valence-electron chi connectivity index (χ0n) is 30.5. The lowest BCUT2D eigenvalue weighted by molar-refractivity contribution is 0.416. The Balaban J connectivity index is 0.000000203. The number of aryl methyl sites for hydroxylation is 2. The summed E-state index contributed by atoms with van der Waals surface area (Å²) in [5.74, 6) is 1.60. The number of primary sulfonamides is 2. The van der Waals surface area contributed by atoms with Crippen molar-refractivity contribution in [1.29, 1.82) is 0 Å². The van der Waals surface area contributed by atoms with Gasteiger partial charge in [0, 0.05) is 33.9 Å². The summed E-state index contributed by atoms with van der Waals surface area (Å²) in [5, 5.41) is 13.3. The molecule has 14 nitrogen and oxygen atoms in total. The average Bonchev–Trinajstić information content (AvgIpc) is 3.12. The number of hydrogen-bond donors (Lipinski definition) is 4. The van der Waals surface area contributed by atoms with Gasteiger partial charge in [-0.3, -0.25) is 0 Å². The van der Waals surface area contributed by atoms with E-state index in [0.717, 1.165) is 51.1 Å². The summed E-state index contributed by atoms with van der Waals surface area (Å²) in [7, 11) is -3.73. The molecule has 0 fully saturated rings. The Morgan fingerprint density at radius 2 is 1.05 bits per heavy atom. The quantitative estimate of drug-likeness (QED) is 0.0901. The minimum Gasteiger partial charge on any atom is -0.496 e. The summed E-state index contributed by atoms with van der Waals surface area (Å²) >= 11 is 5.83. The molecule has 6 rings (SSSR count). The monoisotopic (exact) mass is 804 g/mol. The largest absolute Gasteiger partial charge is 0.496 e. The van der Waals surface area contributed by atoms with Crippen LogP contribution in [0.15, 0.2) is 109 Å². The summed E-state index contributed by atoms with van der Waals surface area (Å²) < 4.78 is 54.3. The first-order chi connectivity index (χ1) is 26.0. The molecule has 0 saturated heterocycles. The lowest BCUT2D eigenvalue weighted by Gasteiger charge is -2.11. The highest BCUT2D eigenvalue weighted by atomic mass is 35.5. The lowest BCUT2D eigenvalue weighted by Crippen LogP contribution is -2.14. The predicted molar refractivity (Wildman–Crippen MR) is 217 cm³/mol. The molecule has 0 bridgehead atoms. The molecule has 0 saturated carbocycles. The Hall–Kier alpha value is -5.65. The fourth-order valence-corrected chi connectivity index (χ4v) is 6.58. The fourth-order valence-electron chi connectivity index (χ4n) is 5.04. The van der Waals surface area contributed by atoms with Crippen LogP contribution in [0.2, 0.25) is 5.28 Å². The van der Waals surface area contributed by atoms with Gasteiger partial charge in [0.15, 0.2) is 0 Å². The van der Waals surface area contributed by atoms with Crippen LogP contribution in [0, 0.1) is 13.8 Å². The van der Waals surface area contributed by atoms with Crippen LogP contribution in [0.4, 0.5) is 17.3 Å². The van der Waals surface area contributed by atoms with Gasteiger partial charge in [-0.05, 0) is 97.2 Å². The van der Waals surface area contributed by atoms with Crippen molar-refractivity contribution in [3.8, 4) is 34.0 Å². The number of ether oxygens (including phenoxy) is 2. The fraction of sp³-hybridized carbons (Fsp3) is 0.158. The van der Waals surface area contributed by atoms with Gasteiger partial charge in [0.2, 0.25) is 31.3 Å². The van der Waals surface area contributed by atoms with Crippen molar-refractivity contribution in [3.63, 3.8) is 0 Å². The van der Waals surface area contributed by atoms with Crippen LogP contribution >= 0.6 is 11.6 Å². The lowest BCUT2D eigenvalue weighted by atomic mass is 10.1. The van der Waals surface area contributed by atoms with Gasteiger partial charge in [0.1, 0.15) is 11.5 Å². The molecule has 4 aromatic carbocycles.